The van der Waals surface area contributed by atoms with Gasteiger partial charge in [0.15, 0.2) is 0 Å². The van der Waals surface area contributed by atoms with Gasteiger partial charge in [-0.1, -0.05) is 36.4 Å². The van der Waals surface area contributed by atoms with Crippen LogP contribution in [0.3, 0.4) is 0 Å². The second kappa shape index (κ2) is 10.5. The van der Waals surface area contributed by atoms with Crippen LogP contribution in [-0.4, -0.2) is 41.5 Å². The summed E-state index contributed by atoms with van der Waals surface area (Å²) >= 11 is 1.59. The maximum absolute atomic E-state index is 13.3. The highest BCUT2D eigenvalue weighted by molar-refractivity contribution is 7.17. The Morgan fingerprint density at radius 2 is 1.74 bits per heavy atom. The number of carbonyl (C=O) groups excluding carboxylic acids is 3. The van der Waals surface area contributed by atoms with Crippen LogP contribution in [0.1, 0.15) is 18.1 Å². The van der Waals surface area contributed by atoms with Crippen LogP contribution in [0.4, 0.5) is 0 Å². The van der Waals surface area contributed by atoms with E-state index in [9.17, 15) is 14.4 Å². The Labute approximate surface area is 200 Å². The second-order valence-electron chi connectivity index (χ2n) is 8.22. The Balaban J connectivity index is 1.54. The van der Waals surface area contributed by atoms with E-state index in [0.29, 0.717) is 19.3 Å². The second-order valence-corrected chi connectivity index (χ2v) is 9.13. The molecule has 0 aliphatic heterocycles. The Kier molecular flexibility index (Phi) is 7.24. The van der Waals surface area contributed by atoms with E-state index in [1.54, 1.807) is 18.3 Å². The number of benzene rings is 2. The van der Waals surface area contributed by atoms with Crippen LogP contribution in [0.5, 0.6) is 0 Å². The molecule has 4 rings (SSSR count). The van der Waals surface area contributed by atoms with E-state index in [-0.39, 0.29) is 0 Å². The minimum atomic E-state index is -0.851. The van der Waals surface area contributed by atoms with Crippen molar-refractivity contribution < 1.29 is 14.4 Å². The summed E-state index contributed by atoms with van der Waals surface area (Å²) in [6.45, 7) is 1.57. The van der Waals surface area contributed by atoms with Crippen molar-refractivity contribution in [2.45, 2.75) is 38.0 Å². The zero-order valence-electron chi connectivity index (χ0n) is 18.7. The van der Waals surface area contributed by atoms with Crippen molar-refractivity contribution in [3.8, 4) is 0 Å². The van der Waals surface area contributed by atoms with Crippen LogP contribution in [0, 0.1) is 0 Å². The maximum atomic E-state index is 13.3. The normalized spacial score (nSPS) is 13.8. The lowest BCUT2D eigenvalue weighted by atomic mass is 10.0. The van der Waals surface area contributed by atoms with Gasteiger partial charge < -0.3 is 26.7 Å². The van der Waals surface area contributed by atoms with Gasteiger partial charge in [0.1, 0.15) is 12.2 Å². The predicted molar refractivity (Wildman–Crippen MR) is 134 cm³/mol. The van der Waals surface area contributed by atoms with E-state index in [2.05, 4.69) is 20.9 Å². The Hall–Kier alpha value is -3.69. The highest BCUT2D eigenvalue weighted by atomic mass is 32.1. The van der Waals surface area contributed by atoms with Crippen LogP contribution in [0.25, 0.3) is 21.0 Å². The number of hydrogen-bond acceptors (Lipinski definition) is 5. The highest BCUT2D eigenvalue weighted by Crippen LogP contribution is 2.26. The molecule has 4 aromatic rings. The summed E-state index contributed by atoms with van der Waals surface area (Å²) in [7, 11) is 0. The molecule has 0 fully saturated rings. The van der Waals surface area contributed by atoms with E-state index in [4.69, 9.17) is 5.73 Å². The molecular weight excluding hydrogens is 450 g/mol. The Bertz CT molecular complexity index is 1310. The molecule has 0 saturated carbocycles. The number of aromatic nitrogens is 1. The number of fused-ring (bicyclic) bond motifs is 2. The number of nitrogens with two attached hydrogens (primary N) is 1. The van der Waals surface area contributed by atoms with E-state index < -0.39 is 30.1 Å². The van der Waals surface area contributed by atoms with Gasteiger partial charge >= 0.3 is 0 Å². The highest BCUT2D eigenvalue weighted by Gasteiger charge is 2.26. The quantitative estimate of drug-likeness (QED) is 0.177. The lowest BCUT2D eigenvalue weighted by molar-refractivity contribution is -0.130. The van der Waals surface area contributed by atoms with Gasteiger partial charge in [0.25, 0.3) is 0 Å². The third-order valence-electron chi connectivity index (χ3n) is 5.72. The van der Waals surface area contributed by atoms with Gasteiger partial charge in [-0.2, -0.15) is 0 Å². The standard InChI is InChI=1S/C25H27N5O3S/c1-15(26)24(32)29-21(10-17-13-34-22-9-5-3-7-19(17)22)25(33)30-23(28-14-31)11-16-12-27-20-8-4-2-6-18(16)20/h2-9,12-15,21,23,27H,10-11,26H2,1H3,(H,28,31)(H,29,32)(H,30,33)/t15-,21-,23-/m1/s1. The number of nitrogens with one attached hydrogen (secondary N) is 4. The predicted octanol–water partition coefficient (Wildman–Crippen LogP) is 2.19. The molecule has 0 aliphatic rings. The van der Waals surface area contributed by atoms with Crippen molar-refractivity contribution >= 4 is 50.6 Å². The van der Waals surface area contributed by atoms with Gasteiger partial charge in [0.05, 0.1) is 6.04 Å². The first-order valence-corrected chi connectivity index (χ1v) is 11.9. The van der Waals surface area contributed by atoms with E-state index in [0.717, 1.165) is 32.1 Å². The summed E-state index contributed by atoms with van der Waals surface area (Å²) in [6, 6.07) is 14.1. The number of hydrogen-bond donors (Lipinski definition) is 5. The summed E-state index contributed by atoms with van der Waals surface area (Å²) in [4.78, 5) is 40.2. The molecule has 34 heavy (non-hydrogen) atoms. The van der Waals surface area contributed by atoms with Crippen LogP contribution in [0.15, 0.2) is 60.1 Å². The van der Waals surface area contributed by atoms with Crippen molar-refractivity contribution in [1.82, 2.24) is 20.9 Å². The molecule has 9 heteroatoms. The molecule has 3 amide bonds. The van der Waals surface area contributed by atoms with Crippen molar-refractivity contribution in [2.75, 3.05) is 0 Å². The smallest absolute Gasteiger partial charge is 0.244 e. The number of H-pyrrole nitrogens is 1. The number of aromatic amines is 1. The van der Waals surface area contributed by atoms with Crippen LogP contribution in [-0.2, 0) is 27.2 Å². The first-order valence-electron chi connectivity index (χ1n) is 11.0. The van der Waals surface area contributed by atoms with Gasteiger partial charge in [0, 0.05) is 34.6 Å². The first kappa shape index (κ1) is 23.5. The maximum Gasteiger partial charge on any atom is 0.244 e. The molecule has 0 bridgehead atoms. The molecule has 0 spiro atoms. The van der Waals surface area contributed by atoms with Gasteiger partial charge in [-0.15, -0.1) is 11.3 Å². The Morgan fingerprint density at radius 3 is 2.50 bits per heavy atom. The molecule has 8 nitrogen and oxygen atoms in total. The lowest BCUT2D eigenvalue weighted by Crippen LogP contribution is -2.56. The van der Waals surface area contributed by atoms with Crippen molar-refractivity contribution in [3.05, 3.63) is 71.2 Å². The summed E-state index contributed by atoms with van der Waals surface area (Å²) in [6.07, 6.45) is 2.45. The zero-order chi connectivity index (χ0) is 24.1. The summed E-state index contributed by atoms with van der Waals surface area (Å²) in [5.41, 5.74) is 8.62. The molecular formula is C25H27N5O3S. The van der Waals surface area contributed by atoms with E-state index in [1.807, 2.05) is 60.1 Å². The molecule has 3 atom stereocenters. The van der Waals surface area contributed by atoms with Crippen LogP contribution < -0.4 is 21.7 Å². The molecule has 2 aromatic carbocycles. The molecule has 0 unspecified atom stereocenters. The zero-order valence-corrected chi connectivity index (χ0v) is 19.5. The van der Waals surface area contributed by atoms with E-state index >= 15 is 0 Å². The molecule has 0 aliphatic carbocycles. The molecule has 0 saturated heterocycles. The molecule has 2 aromatic heterocycles. The van der Waals surface area contributed by atoms with Gasteiger partial charge in [-0.3, -0.25) is 14.4 Å². The van der Waals surface area contributed by atoms with Crippen molar-refractivity contribution in [3.63, 3.8) is 0 Å². The first-order chi connectivity index (χ1) is 16.5. The SMILES string of the molecule is C[C@@H](N)C(=O)N[C@H](Cc1csc2ccccc12)C(=O)N[C@H](Cc1c[nH]c2ccccc12)NC=O. The van der Waals surface area contributed by atoms with Crippen LogP contribution >= 0.6 is 11.3 Å². The van der Waals surface area contributed by atoms with Gasteiger partial charge in [-0.05, 0) is 40.9 Å². The summed E-state index contributed by atoms with van der Waals surface area (Å²) < 4.78 is 1.11. The lowest BCUT2D eigenvalue weighted by Gasteiger charge is -2.24. The van der Waals surface area contributed by atoms with Crippen molar-refractivity contribution in [2.24, 2.45) is 5.73 Å². The number of amides is 3. The largest absolute Gasteiger partial charge is 0.361 e. The van der Waals surface area contributed by atoms with Gasteiger partial charge in [0.2, 0.25) is 18.2 Å². The third-order valence-corrected chi connectivity index (χ3v) is 6.73. The number of para-hydroxylation sites is 1. The fourth-order valence-corrected chi connectivity index (χ4v) is 4.93. The van der Waals surface area contributed by atoms with E-state index in [1.165, 1.54) is 0 Å². The fourth-order valence-electron chi connectivity index (χ4n) is 3.95. The monoisotopic (exact) mass is 477 g/mol. The third kappa shape index (κ3) is 5.27. The Morgan fingerprint density at radius 1 is 1.00 bits per heavy atom. The number of rotatable bonds is 10. The van der Waals surface area contributed by atoms with Gasteiger partial charge in [-0.25, -0.2) is 0 Å². The summed E-state index contributed by atoms with van der Waals surface area (Å²) in [5, 5.41) is 12.4. The molecule has 176 valence electrons. The minimum absolute atomic E-state index is 0.301. The average Bonchev–Trinajstić information content (AvgIpc) is 3.43. The summed E-state index contributed by atoms with van der Waals surface area (Å²) in [5.74, 6) is -0.820. The number of thiophene rings is 1. The molecule has 6 N–H and O–H groups in total. The fraction of sp³-hybridized carbons (Fsp3) is 0.240. The van der Waals surface area contributed by atoms with Crippen molar-refractivity contribution in [1.29, 1.82) is 0 Å². The minimum Gasteiger partial charge on any atom is -0.361 e. The topological polar surface area (TPSA) is 129 Å². The number of carbonyl (C=O) groups is 3. The molecule has 0 radical (unpaired) electrons. The average molecular weight is 478 g/mol. The van der Waals surface area contributed by atoms with Crippen LogP contribution in [0.2, 0.25) is 0 Å². The molecule has 2 heterocycles.